The van der Waals surface area contributed by atoms with Crippen LogP contribution in [0.25, 0.3) is 0 Å². The number of carbonyl (C=O) groups excluding carboxylic acids is 2. The molecule has 0 spiro atoms. The quantitative estimate of drug-likeness (QED) is 0.536. The van der Waals surface area contributed by atoms with Crippen LogP contribution in [0.15, 0.2) is 42.7 Å². The smallest absolute Gasteiger partial charge is 0.220 e. The molecule has 0 radical (unpaired) electrons. The highest BCUT2D eigenvalue weighted by molar-refractivity contribution is 5.80. The van der Waals surface area contributed by atoms with Crippen molar-refractivity contribution >= 4 is 11.8 Å². The van der Waals surface area contributed by atoms with Gasteiger partial charge in [0.05, 0.1) is 19.9 Å². The number of nitrogens with one attached hydrogen (secondary N) is 2. The predicted molar refractivity (Wildman–Crippen MR) is 113 cm³/mol. The topological polar surface area (TPSA) is 89.6 Å². The fourth-order valence-electron chi connectivity index (χ4n) is 3.75. The molecule has 1 atom stereocenters. The molecule has 1 fully saturated rings. The Kier molecular flexibility index (Phi) is 7.81. The lowest BCUT2D eigenvalue weighted by molar-refractivity contribution is -0.122. The molecule has 1 aromatic heterocycles. The minimum absolute atomic E-state index is 0.0259. The van der Waals surface area contributed by atoms with Crippen LogP contribution in [0.1, 0.15) is 37.7 Å². The van der Waals surface area contributed by atoms with Crippen molar-refractivity contribution in [2.24, 2.45) is 0 Å². The molecule has 166 valence electrons. The highest BCUT2D eigenvalue weighted by Crippen LogP contribution is 2.31. The maximum atomic E-state index is 13.7. The molecule has 0 saturated carbocycles. The number of nitrogens with zero attached hydrogens (tertiary/aromatic N) is 1. The van der Waals surface area contributed by atoms with Crippen LogP contribution in [0.5, 0.6) is 11.5 Å². The van der Waals surface area contributed by atoms with Crippen LogP contribution in [0.4, 0.5) is 4.39 Å². The first-order valence-electron chi connectivity index (χ1n) is 10.4. The molecular formula is C23H28FN3O4. The lowest BCUT2D eigenvalue weighted by Gasteiger charge is -2.29. The summed E-state index contributed by atoms with van der Waals surface area (Å²) in [5.41, 5.74) is 0.342. The average Bonchev–Trinajstić information content (AvgIpc) is 3.14. The van der Waals surface area contributed by atoms with Crippen molar-refractivity contribution in [2.75, 3.05) is 20.3 Å². The van der Waals surface area contributed by atoms with Crippen molar-refractivity contribution in [3.05, 3.63) is 54.1 Å². The Morgan fingerprint density at radius 1 is 1.35 bits per heavy atom. The molecule has 8 heteroatoms. The Balaban J connectivity index is 1.46. The summed E-state index contributed by atoms with van der Waals surface area (Å²) >= 11 is 0. The summed E-state index contributed by atoms with van der Waals surface area (Å²) in [5.74, 6) is 0.344. The van der Waals surface area contributed by atoms with Gasteiger partial charge in [-0.15, -0.1) is 0 Å². The van der Waals surface area contributed by atoms with Gasteiger partial charge in [0.25, 0.3) is 0 Å². The first kappa shape index (κ1) is 22.5. The standard InChI is InChI=1S/C23H28FN3O4/c1-30-20-14-17(5-6-19(20)24)15-23(10-8-22(29)27-23)9-7-21(28)26-12-3-13-31-18-4-2-11-25-16-18/h2,4-6,11,14,16H,3,7-10,12-13,15H2,1H3,(H,26,28)(H,27,29)/t23-/m1/s1. The summed E-state index contributed by atoms with van der Waals surface area (Å²) in [6.45, 7) is 0.992. The number of amides is 2. The van der Waals surface area contributed by atoms with Gasteiger partial charge in [-0.05, 0) is 55.5 Å². The van der Waals surface area contributed by atoms with Crippen LogP contribution in [0.2, 0.25) is 0 Å². The van der Waals surface area contributed by atoms with Crippen LogP contribution < -0.4 is 20.1 Å². The summed E-state index contributed by atoms with van der Waals surface area (Å²) < 4.78 is 24.3. The van der Waals surface area contributed by atoms with Crippen molar-refractivity contribution in [3.8, 4) is 11.5 Å². The first-order valence-corrected chi connectivity index (χ1v) is 10.4. The number of hydrogen-bond donors (Lipinski definition) is 2. The zero-order valence-electron chi connectivity index (χ0n) is 17.7. The van der Waals surface area contributed by atoms with Crippen molar-refractivity contribution in [3.63, 3.8) is 0 Å². The zero-order chi connectivity index (χ0) is 22.1. The van der Waals surface area contributed by atoms with Crippen LogP contribution >= 0.6 is 0 Å². The summed E-state index contributed by atoms with van der Waals surface area (Å²) in [5, 5.41) is 5.93. The molecule has 31 heavy (non-hydrogen) atoms. The summed E-state index contributed by atoms with van der Waals surface area (Å²) in [7, 11) is 1.42. The van der Waals surface area contributed by atoms with Gasteiger partial charge in [-0.2, -0.15) is 0 Å². The minimum atomic E-state index is -0.513. The van der Waals surface area contributed by atoms with Crippen LogP contribution in [-0.2, 0) is 16.0 Å². The van der Waals surface area contributed by atoms with Gasteiger partial charge in [0.1, 0.15) is 5.75 Å². The predicted octanol–water partition coefficient (Wildman–Crippen LogP) is 2.79. The number of ether oxygens (including phenoxy) is 2. The number of carbonyl (C=O) groups is 2. The Bertz CT molecular complexity index is 894. The fourth-order valence-corrected chi connectivity index (χ4v) is 3.75. The molecule has 2 N–H and O–H groups in total. The van der Waals surface area contributed by atoms with E-state index in [0.29, 0.717) is 57.4 Å². The van der Waals surface area contributed by atoms with Gasteiger partial charge in [-0.3, -0.25) is 14.6 Å². The molecule has 2 amide bonds. The van der Waals surface area contributed by atoms with Gasteiger partial charge in [-0.1, -0.05) is 6.07 Å². The molecule has 0 bridgehead atoms. The van der Waals surface area contributed by atoms with E-state index in [0.717, 1.165) is 5.56 Å². The zero-order valence-corrected chi connectivity index (χ0v) is 17.7. The Morgan fingerprint density at radius 2 is 2.23 bits per heavy atom. The van der Waals surface area contributed by atoms with Crippen LogP contribution in [0.3, 0.4) is 0 Å². The monoisotopic (exact) mass is 429 g/mol. The number of aromatic nitrogens is 1. The third-order valence-corrected chi connectivity index (χ3v) is 5.37. The third kappa shape index (κ3) is 6.67. The minimum Gasteiger partial charge on any atom is -0.494 e. The highest BCUT2D eigenvalue weighted by Gasteiger charge is 2.38. The van der Waals surface area contributed by atoms with Crippen molar-refractivity contribution in [1.29, 1.82) is 0 Å². The SMILES string of the molecule is COc1cc(C[C@@]2(CCC(=O)NCCCOc3cccnc3)CCC(=O)N2)ccc1F. The Hall–Kier alpha value is -3.16. The summed E-state index contributed by atoms with van der Waals surface area (Å²) in [4.78, 5) is 28.2. The third-order valence-electron chi connectivity index (χ3n) is 5.37. The first-order chi connectivity index (χ1) is 15.0. The van der Waals surface area contributed by atoms with Crippen LogP contribution in [0, 0.1) is 5.82 Å². The molecule has 0 aliphatic carbocycles. The molecule has 7 nitrogen and oxygen atoms in total. The van der Waals surface area contributed by atoms with Crippen LogP contribution in [-0.4, -0.2) is 42.6 Å². The number of hydrogen-bond acceptors (Lipinski definition) is 5. The van der Waals surface area contributed by atoms with E-state index in [-0.39, 0.29) is 17.6 Å². The van der Waals surface area contributed by atoms with E-state index in [9.17, 15) is 14.0 Å². The fraction of sp³-hybridized carbons (Fsp3) is 0.435. The van der Waals surface area contributed by atoms with E-state index in [4.69, 9.17) is 9.47 Å². The van der Waals surface area contributed by atoms with Crippen molar-refractivity contribution < 1.29 is 23.5 Å². The number of rotatable bonds is 11. The maximum absolute atomic E-state index is 13.7. The van der Waals surface area contributed by atoms with Gasteiger partial charge in [0.15, 0.2) is 11.6 Å². The van der Waals surface area contributed by atoms with E-state index < -0.39 is 11.4 Å². The molecule has 1 aliphatic rings. The number of halogens is 1. The molecule has 3 rings (SSSR count). The molecule has 2 heterocycles. The molecule has 2 aromatic rings. The molecule has 1 saturated heterocycles. The van der Waals surface area contributed by atoms with Gasteiger partial charge < -0.3 is 20.1 Å². The van der Waals surface area contributed by atoms with E-state index in [1.54, 1.807) is 30.6 Å². The van der Waals surface area contributed by atoms with Gasteiger partial charge in [0, 0.05) is 31.1 Å². The largest absolute Gasteiger partial charge is 0.494 e. The highest BCUT2D eigenvalue weighted by atomic mass is 19.1. The molecular weight excluding hydrogens is 401 g/mol. The number of methoxy groups -OCH3 is 1. The summed E-state index contributed by atoms with van der Waals surface area (Å²) in [6, 6.07) is 8.32. The molecule has 0 unspecified atom stereocenters. The van der Waals surface area contributed by atoms with Gasteiger partial charge >= 0.3 is 0 Å². The van der Waals surface area contributed by atoms with Gasteiger partial charge in [0.2, 0.25) is 11.8 Å². The number of benzene rings is 1. The molecule has 1 aliphatic heterocycles. The normalized spacial score (nSPS) is 17.8. The van der Waals surface area contributed by atoms with Gasteiger partial charge in [-0.25, -0.2) is 4.39 Å². The molecule has 1 aromatic carbocycles. The van der Waals surface area contributed by atoms with E-state index in [1.807, 2.05) is 6.07 Å². The second-order valence-electron chi connectivity index (χ2n) is 7.71. The van der Waals surface area contributed by atoms with Crippen molar-refractivity contribution in [1.82, 2.24) is 15.6 Å². The Labute approximate surface area is 181 Å². The van der Waals surface area contributed by atoms with E-state index in [1.165, 1.54) is 13.2 Å². The summed E-state index contributed by atoms with van der Waals surface area (Å²) in [6.07, 6.45) is 6.38. The van der Waals surface area contributed by atoms with E-state index >= 15 is 0 Å². The number of pyridine rings is 1. The average molecular weight is 429 g/mol. The second kappa shape index (κ2) is 10.7. The lowest BCUT2D eigenvalue weighted by Crippen LogP contribution is -2.44. The van der Waals surface area contributed by atoms with E-state index in [2.05, 4.69) is 15.6 Å². The van der Waals surface area contributed by atoms with Crippen molar-refractivity contribution in [2.45, 2.75) is 44.1 Å². The Morgan fingerprint density at radius 3 is 2.94 bits per heavy atom. The maximum Gasteiger partial charge on any atom is 0.220 e. The lowest BCUT2D eigenvalue weighted by atomic mass is 9.85. The second-order valence-corrected chi connectivity index (χ2v) is 7.71.